The van der Waals surface area contributed by atoms with Gasteiger partial charge in [-0.1, -0.05) is 60.3 Å². The van der Waals surface area contributed by atoms with Gasteiger partial charge in [-0.3, -0.25) is 4.79 Å². The van der Waals surface area contributed by atoms with Crippen LogP contribution in [0.1, 0.15) is 20.3 Å². The monoisotopic (exact) mass is 276 g/mol. The van der Waals surface area contributed by atoms with Crippen LogP contribution in [0.3, 0.4) is 0 Å². The maximum Gasteiger partial charge on any atom is 0.305 e. The standard InChI is InChI=1S/C16H24O2Si/c1-6-13(2)15(12-16(17)18-3)19(4,5)14-10-8-7-9-11-14/h6-11,15H,12H2,1-5H3/b13-6+/t15-/m0/s1. The number of esters is 1. The van der Waals surface area contributed by atoms with Gasteiger partial charge in [0.15, 0.2) is 0 Å². The number of methoxy groups -OCH3 is 1. The van der Waals surface area contributed by atoms with Gasteiger partial charge >= 0.3 is 5.97 Å². The van der Waals surface area contributed by atoms with E-state index in [2.05, 4.69) is 50.4 Å². The van der Waals surface area contributed by atoms with Crippen molar-refractivity contribution in [1.29, 1.82) is 0 Å². The number of hydrogen-bond acceptors (Lipinski definition) is 2. The average molecular weight is 276 g/mol. The summed E-state index contributed by atoms with van der Waals surface area (Å²) in [5.41, 5.74) is 1.57. The number of allylic oxidation sites excluding steroid dienone is 2. The van der Waals surface area contributed by atoms with Gasteiger partial charge in [-0.05, 0) is 19.4 Å². The van der Waals surface area contributed by atoms with Crippen molar-refractivity contribution in [3.63, 3.8) is 0 Å². The minimum absolute atomic E-state index is 0.122. The molecule has 0 bridgehead atoms. The van der Waals surface area contributed by atoms with Crippen LogP contribution in [0.25, 0.3) is 0 Å². The molecule has 0 spiro atoms. The molecule has 0 aliphatic carbocycles. The second kappa shape index (κ2) is 6.71. The second-order valence-electron chi connectivity index (χ2n) is 5.45. The molecule has 0 aliphatic rings. The van der Waals surface area contributed by atoms with Gasteiger partial charge in [0.1, 0.15) is 0 Å². The van der Waals surface area contributed by atoms with Crippen molar-refractivity contribution in [1.82, 2.24) is 0 Å². The maximum absolute atomic E-state index is 11.7. The van der Waals surface area contributed by atoms with Crippen LogP contribution < -0.4 is 5.19 Å². The molecule has 0 fully saturated rings. The van der Waals surface area contributed by atoms with E-state index in [1.54, 1.807) is 0 Å². The Kier molecular flexibility index (Phi) is 5.55. The summed E-state index contributed by atoms with van der Waals surface area (Å²) in [6.07, 6.45) is 2.59. The molecule has 0 aromatic heterocycles. The molecule has 0 saturated carbocycles. The zero-order chi connectivity index (χ0) is 14.5. The van der Waals surface area contributed by atoms with Crippen molar-refractivity contribution in [2.24, 2.45) is 0 Å². The Morgan fingerprint density at radius 3 is 2.37 bits per heavy atom. The summed E-state index contributed by atoms with van der Waals surface area (Å²) in [6, 6.07) is 10.5. The SMILES string of the molecule is C/C=C(\C)[C@H](CC(=O)OC)[Si](C)(C)c1ccccc1. The fourth-order valence-corrected chi connectivity index (χ4v) is 5.94. The molecule has 0 radical (unpaired) electrons. The number of rotatable bonds is 5. The van der Waals surface area contributed by atoms with Crippen molar-refractivity contribution in [2.75, 3.05) is 7.11 Å². The minimum Gasteiger partial charge on any atom is -0.469 e. The lowest BCUT2D eigenvalue weighted by Crippen LogP contribution is -2.47. The molecular formula is C16H24O2Si. The van der Waals surface area contributed by atoms with Gasteiger partial charge in [0.25, 0.3) is 0 Å². The maximum atomic E-state index is 11.7. The van der Waals surface area contributed by atoms with Crippen molar-refractivity contribution in [2.45, 2.75) is 38.9 Å². The van der Waals surface area contributed by atoms with Crippen molar-refractivity contribution in [3.8, 4) is 0 Å². The first kappa shape index (κ1) is 15.7. The lowest BCUT2D eigenvalue weighted by atomic mass is 10.1. The predicted octanol–water partition coefficient (Wildman–Crippen LogP) is 3.50. The molecule has 0 saturated heterocycles. The molecule has 19 heavy (non-hydrogen) atoms. The Morgan fingerprint density at radius 2 is 1.89 bits per heavy atom. The van der Waals surface area contributed by atoms with Gasteiger partial charge < -0.3 is 4.74 Å². The van der Waals surface area contributed by atoms with E-state index in [0.29, 0.717) is 6.42 Å². The Balaban J connectivity index is 3.12. The molecule has 104 valence electrons. The van der Waals surface area contributed by atoms with E-state index >= 15 is 0 Å². The van der Waals surface area contributed by atoms with Crippen molar-refractivity contribution < 1.29 is 9.53 Å². The largest absolute Gasteiger partial charge is 0.469 e. The normalized spacial score (nSPS) is 14.1. The van der Waals surface area contributed by atoms with Crippen LogP contribution in [-0.2, 0) is 9.53 Å². The van der Waals surface area contributed by atoms with Crippen LogP contribution in [0.5, 0.6) is 0 Å². The van der Waals surface area contributed by atoms with E-state index in [1.807, 2.05) is 13.0 Å². The molecule has 2 nitrogen and oxygen atoms in total. The van der Waals surface area contributed by atoms with Gasteiger partial charge in [0.05, 0.1) is 15.2 Å². The van der Waals surface area contributed by atoms with E-state index in [4.69, 9.17) is 4.74 Å². The topological polar surface area (TPSA) is 26.3 Å². The lowest BCUT2D eigenvalue weighted by Gasteiger charge is -2.33. The lowest BCUT2D eigenvalue weighted by molar-refractivity contribution is -0.140. The molecule has 1 aromatic carbocycles. The van der Waals surface area contributed by atoms with E-state index in [0.717, 1.165) is 0 Å². The van der Waals surface area contributed by atoms with Gasteiger partial charge in [-0.2, -0.15) is 0 Å². The molecule has 0 unspecified atom stereocenters. The first-order chi connectivity index (χ1) is 8.93. The fraction of sp³-hybridized carbons (Fsp3) is 0.438. The third kappa shape index (κ3) is 3.80. The molecular weight excluding hydrogens is 252 g/mol. The zero-order valence-electron chi connectivity index (χ0n) is 12.6. The first-order valence-electron chi connectivity index (χ1n) is 6.68. The summed E-state index contributed by atoms with van der Waals surface area (Å²) in [6.45, 7) is 8.80. The molecule has 0 aliphatic heterocycles. The number of carbonyl (C=O) groups excluding carboxylic acids is 1. The molecule has 0 N–H and O–H groups in total. The van der Waals surface area contributed by atoms with Crippen molar-refractivity contribution >= 4 is 19.2 Å². The number of hydrogen-bond donors (Lipinski definition) is 0. The number of ether oxygens (including phenoxy) is 1. The zero-order valence-corrected chi connectivity index (χ0v) is 13.6. The summed E-state index contributed by atoms with van der Waals surface area (Å²) >= 11 is 0. The average Bonchev–Trinajstić information content (AvgIpc) is 2.44. The van der Waals surface area contributed by atoms with E-state index in [1.165, 1.54) is 17.9 Å². The van der Waals surface area contributed by atoms with E-state index < -0.39 is 8.07 Å². The van der Waals surface area contributed by atoms with Crippen LogP contribution in [0, 0.1) is 0 Å². The molecule has 0 amide bonds. The van der Waals surface area contributed by atoms with Gasteiger partial charge in [0, 0.05) is 6.42 Å². The van der Waals surface area contributed by atoms with Gasteiger partial charge in [0.2, 0.25) is 0 Å². The molecule has 3 heteroatoms. The van der Waals surface area contributed by atoms with Crippen LogP contribution in [-0.4, -0.2) is 21.2 Å². The Hall–Kier alpha value is -1.35. The van der Waals surface area contributed by atoms with Crippen LogP contribution >= 0.6 is 0 Å². The third-order valence-corrected chi connectivity index (χ3v) is 8.22. The quantitative estimate of drug-likeness (QED) is 0.467. The Morgan fingerprint density at radius 1 is 1.32 bits per heavy atom. The highest BCUT2D eigenvalue weighted by Gasteiger charge is 2.36. The highest BCUT2D eigenvalue weighted by atomic mass is 28.3. The highest BCUT2D eigenvalue weighted by Crippen LogP contribution is 2.33. The Bertz CT molecular complexity index is 449. The molecule has 1 atom stereocenters. The van der Waals surface area contributed by atoms with Crippen LogP contribution in [0.2, 0.25) is 18.6 Å². The number of carbonyl (C=O) groups is 1. The van der Waals surface area contributed by atoms with E-state index in [9.17, 15) is 4.79 Å². The predicted molar refractivity (Wildman–Crippen MR) is 83.4 cm³/mol. The minimum atomic E-state index is -1.74. The summed E-state index contributed by atoms with van der Waals surface area (Å²) in [4.78, 5) is 11.7. The van der Waals surface area contributed by atoms with E-state index in [-0.39, 0.29) is 11.5 Å². The van der Waals surface area contributed by atoms with Crippen LogP contribution in [0.15, 0.2) is 42.0 Å². The highest BCUT2D eigenvalue weighted by molar-refractivity contribution is 6.91. The summed E-state index contributed by atoms with van der Waals surface area (Å²) in [5, 5.41) is 1.38. The summed E-state index contributed by atoms with van der Waals surface area (Å²) in [5.74, 6) is -0.122. The fourth-order valence-electron chi connectivity index (χ4n) is 2.51. The second-order valence-corrected chi connectivity index (χ2v) is 10.2. The third-order valence-electron chi connectivity index (χ3n) is 3.99. The number of benzene rings is 1. The molecule has 0 heterocycles. The first-order valence-corrected chi connectivity index (χ1v) is 9.76. The van der Waals surface area contributed by atoms with Crippen LogP contribution in [0.4, 0.5) is 0 Å². The Labute approximate surface area is 117 Å². The summed E-state index contributed by atoms with van der Waals surface area (Å²) < 4.78 is 4.86. The van der Waals surface area contributed by atoms with Gasteiger partial charge in [-0.15, -0.1) is 0 Å². The molecule has 1 rings (SSSR count). The smallest absolute Gasteiger partial charge is 0.305 e. The summed E-state index contributed by atoms with van der Waals surface area (Å²) in [7, 11) is -0.281. The van der Waals surface area contributed by atoms with Crippen molar-refractivity contribution in [3.05, 3.63) is 42.0 Å². The van der Waals surface area contributed by atoms with Gasteiger partial charge in [-0.25, -0.2) is 0 Å². The molecule has 1 aromatic rings.